The van der Waals surface area contributed by atoms with Crippen LogP contribution >= 0.6 is 63.0 Å². The lowest BCUT2D eigenvalue weighted by Crippen LogP contribution is -2.35. The van der Waals surface area contributed by atoms with Crippen LogP contribution in [0.4, 0.5) is 5.69 Å². The Kier molecular flexibility index (Phi) is 9.97. The van der Waals surface area contributed by atoms with Gasteiger partial charge in [0.15, 0.2) is 16.6 Å². The number of carbonyl (C=O) groups excluding carboxylic acids is 2. The molecule has 1 aliphatic heterocycles. The normalized spacial score (nSPS) is 14.2. The van der Waals surface area contributed by atoms with Crippen LogP contribution < -0.4 is 14.4 Å². The highest BCUT2D eigenvalue weighted by Gasteiger charge is 2.40. The second-order valence-electron chi connectivity index (χ2n) is 8.39. The molecule has 1 heterocycles. The smallest absolute Gasteiger partial charge is 0.325 e. The van der Waals surface area contributed by atoms with Gasteiger partial charge in [-0.2, -0.15) is 0 Å². The molecule has 0 spiro atoms. The molecule has 1 amide bonds. The Hall–Kier alpha value is -2.82. The summed E-state index contributed by atoms with van der Waals surface area (Å²) in [4.78, 5) is 28.6. The van der Waals surface area contributed by atoms with Crippen molar-refractivity contribution >= 4 is 91.7 Å². The van der Waals surface area contributed by atoms with Gasteiger partial charge in [0.05, 0.1) is 33.9 Å². The number of carbonyl (C=O) groups is 2. The first kappa shape index (κ1) is 30.1. The van der Waals surface area contributed by atoms with E-state index in [0.717, 1.165) is 5.56 Å². The van der Waals surface area contributed by atoms with Crippen LogP contribution in [0.1, 0.15) is 18.1 Å². The minimum Gasteiger partial charge on any atom is -0.490 e. The van der Waals surface area contributed by atoms with E-state index in [-0.39, 0.29) is 24.0 Å². The summed E-state index contributed by atoms with van der Waals surface area (Å²) in [7, 11) is 1.27. The van der Waals surface area contributed by atoms with E-state index in [1.54, 1.807) is 54.6 Å². The summed E-state index contributed by atoms with van der Waals surface area (Å²) in [5.74, 6) is -0.0464. The molecule has 0 atom stereocenters. The lowest BCUT2D eigenvalue weighted by atomic mass is 10.1. The van der Waals surface area contributed by atoms with Crippen molar-refractivity contribution in [1.29, 1.82) is 0 Å². The lowest BCUT2D eigenvalue weighted by molar-refractivity contribution is -0.140. The standard InChI is InChI=1S/C28H22BrCl3N2O5S/c1-3-38-24-13-17(10-20(29)26(24)39-15-16-4-9-21(31)22(32)11-16)12-23-27(36)34(19-7-5-18(30)6-8-19)28(40)33(23)14-25(35)37-2/h4-13H,3,14-15H2,1-2H3/b23-12-. The summed E-state index contributed by atoms with van der Waals surface area (Å²) < 4.78 is 17.4. The molecular formula is C28H22BrCl3N2O5S. The van der Waals surface area contributed by atoms with Gasteiger partial charge >= 0.3 is 5.97 Å². The number of thiocarbonyl (C=S) groups is 1. The van der Waals surface area contributed by atoms with Crippen molar-refractivity contribution in [3.63, 3.8) is 0 Å². The molecule has 0 saturated carbocycles. The second kappa shape index (κ2) is 13.2. The molecule has 3 aromatic carbocycles. The van der Waals surface area contributed by atoms with E-state index in [1.807, 2.05) is 13.0 Å². The largest absolute Gasteiger partial charge is 0.490 e. The van der Waals surface area contributed by atoms with Gasteiger partial charge in [-0.1, -0.05) is 40.9 Å². The van der Waals surface area contributed by atoms with Crippen LogP contribution in [0.3, 0.4) is 0 Å². The zero-order valence-corrected chi connectivity index (χ0v) is 25.9. The maximum Gasteiger partial charge on any atom is 0.325 e. The molecule has 1 saturated heterocycles. The number of benzene rings is 3. The molecular weight excluding hydrogens is 663 g/mol. The molecule has 0 N–H and O–H groups in total. The number of hydrogen-bond donors (Lipinski definition) is 0. The lowest BCUT2D eigenvalue weighted by Gasteiger charge is -2.19. The van der Waals surface area contributed by atoms with Gasteiger partial charge in [0.25, 0.3) is 5.91 Å². The fraction of sp³-hybridized carbons (Fsp3) is 0.179. The van der Waals surface area contributed by atoms with Gasteiger partial charge in [-0.25, -0.2) is 0 Å². The van der Waals surface area contributed by atoms with Crippen molar-refractivity contribution in [1.82, 2.24) is 4.90 Å². The van der Waals surface area contributed by atoms with Crippen molar-refractivity contribution < 1.29 is 23.8 Å². The number of halogens is 4. The van der Waals surface area contributed by atoms with Crippen molar-refractivity contribution in [2.45, 2.75) is 13.5 Å². The molecule has 208 valence electrons. The van der Waals surface area contributed by atoms with E-state index in [1.165, 1.54) is 16.9 Å². The zero-order chi connectivity index (χ0) is 29.0. The second-order valence-corrected chi connectivity index (χ2v) is 10.9. The topological polar surface area (TPSA) is 68.3 Å². The Labute approximate surface area is 260 Å². The molecule has 0 aromatic heterocycles. The van der Waals surface area contributed by atoms with Crippen LogP contribution in [0, 0.1) is 0 Å². The molecule has 1 fully saturated rings. The fourth-order valence-electron chi connectivity index (χ4n) is 3.86. The highest BCUT2D eigenvalue weighted by atomic mass is 79.9. The van der Waals surface area contributed by atoms with E-state index in [0.29, 0.717) is 48.9 Å². The molecule has 4 rings (SSSR count). The van der Waals surface area contributed by atoms with Crippen molar-refractivity contribution in [3.05, 3.63) is 91.0 Å². The molecule has 12 heteroatoms. The minimum atomic E-state index is -0.554. The van der Waals surface area contributed by atoms with Crippen molar-refractivity contribution in [2.75, 3.05) is 25.2 Å². The summed E-state index contributed by atoms with van der Waals surface area (Å²) in [6.45, 7) is 2.19. The molecule has 1 aliphatic rings. The molecule has 0 bridgehead atoms. The van der Waals surface area contributed by atoms with Gasteiger partial charge in [-0.15, -0.1) is 0 Å². The van der Waals surface area contributed by atoms with Gasteiger partial charge in [0.1, 0.15) is 18.8 Å². The summed E-state index contributed by atoms with van der Waals surface area (Å²) in [5.41, 5.74) is 2.13. The van der Waals surface area contributed by atoms with Crippen molar-refractivity contribution in [2.24, 2.45) is 0 Å². The predicted molar refractivity (Wildman–Crippen MR) is 164 cm³/mol. The van der Waals surface area contributed by atoms with Crippen LogP contribution in [0.15, 0.2) is 64.8 Å². The van der Waals surface area contributed by atoms with Crippen LogP contribution in [0.5, 0.6) is 11.5 Å². The average molecular weight is 685 g/mol. The Balaban J connectivity index is 1.70. The van der Waals surface area contributed by atoms with Crippen molar-refractivity contribution in [3.8, 4) is 11.5 Å². The molecule has 0 radical (unpaired) electrons. The third-order valence-electron chi connectivity index (χ3n) is 5.74. The molecule has 7 nitrogen and oxygen atoms in total. The summed E-state index contributed by atoms with van der Waals surface area (Å²) in [6.07, 6.45) is 1.63. The summed E-state index contributed by atoms with van der Waals surface area (Å²) >= 11 is 27.3. The molecule has 0 unspecified atom stereocenters. The van der Waals surface area contributed by atoms with Crippen LogP contribution in [-0.2, 0) is 20.9 Å². The van der Waals surface area contributed by atoms with E-state index < -0.39 is 11.9 Å². The highest BCUT2D eigenvalue weighted by molar-refractivity contribution is 9.10. The summed E-state index contributed by atoms with van der Waals surface area (Å²) in [6, 6.07) is 15.4. The number of anilines is 1. The third-order valence-corrected chi connectivity index (χ3v) is 7.72. The van der Waals surface area contributed by atoms with Gasteiger partial charge in [-0.05, 0) is 101 Å². The van der Waals surface area contributed by atoms with Gasteiger partial charge in [0, 0.05) is 5.02 Å². The molecule has 0 aliphatic carbocycles. The number of hydrogen-bond acceptors (Lipinski definition) is 6. The average Bonchev–Trinajstić information content (AvgIpc) is 3.14. The summed E-state index contributed by atoms with van der Waals surface area (Å²) in [5, 5.41) is 1.53. The van der Waals surface area contributed by atoms with E-state index in [9.17, 15) is 9.59 Å². The number of nitrogens with zero attached hydrogens (tertiary/aromatic N) is 2. The number of amides is 1. The first-order chi connectivity index (χ1) is 19.1. The van der Waals surface area contributed by atoms with Crippen LogP contribution in [0.2, 0.25) is 15.1 Å². The van der Waals surface area contributed by atoms with Crippen LogP contribution in [0.25, 0.3) is 6.08 Å². The Morgan fingerprint density at radius 1 is 1.02 bits per heavy atom. The Bertz CT molecular complexity index is 1500. The maximum absolute atomic E-state index is 13.6. The zero-order valence-electron chi connectivity index (χ0n) is 21.3. The Morgan fingerprint density at radius 3 is 2.40 bits per heavy atom. The number of ether oxygens (including phenoxy) is 3. The monoisotopic (exact) mass is 682 g/mol. The molecule has 40 heavy (non-hydrogen) atoms. The number of rotatable bonds is 9. The maximum atomic E-state index is 13.6. The van der Waals surface area contributed by atoms with E-state index in [2.05, 4.69) is 15.9 Å². The minimum absolute atomic E-state index is 0.134. The molecule has 3 aromatic rings. The first-order valence-electron chi connectivity index (χ1n) is 11.9. The fourth-order valence-corrected chi connectivity index (χ4v) is 5.23. The van der Waals surface area contributed by atoms with Crippen LogP contribution in [-0.4, -0.2) is 42.2 Å². The van der Waals surface area contributed by atoms with Gasteiger partial charge < -0.3 is 19.1 Å². The highest BCUT2D eigenvalue weighted by Crippen LogP contribution is 2.39. The van der Waals surface area contributed by atoms with Gasteiger partial charge in [-0.3, -0.25) is 14.5 Å². The quantitative estimate of drug-likeness (QED) is 0.131. The SMILES string of the molecule is CCOc1cc(/C=C2/C(=O)N(c3ccc(Cl)cc3)C(=S)N2CC(=O)OC)cc(Br)c1OCc1ccc(Cl)c(Cl)c1. The Morgan fingerprint density at radius 2 is 1.75 bits per heavy atom. The van der Waals surface area contributed by atoms with Gasteiger partial charge in [0.2, 0.25) is 0 Å². The first-order valence-corrected chi connectivity index (χ1v) is 14.2. The third kappa shape index (κ3) is 6.72. The van der Waals surface area contributed by atoms with E-state index >= 15 is 0 Å². The number of methoxy groups -OCH3 is 1. The number of esters is 1. The van der Waals surface area contributed by atoms with E-state index in [4.69, 9.17) is 61.2 Å². The predicted octanol–water partition coefficient (Wildman–Crippen LogP) is 7.53.